The maximum atomic E-state index is 11.7. The van der Waals surface area contributed by atoms with Crippen LogP contribution in [-0.4, -0.2) is 51.5 Å². The summed E-state index contributed by atoms with van der Waals surface area (Å²) in [7, 11) is -0.446. The number of carboxylic acids is 1. The molecule has 3 aromatic rings. The van der Waals surface area contributed by atoms with Gasteiger partial charge in [0.1, 0.15) is 11.6 Å². The smallest absolute Gasteiger partial charge is 0.411 e. The summed E-state index contributed by atoms with van der Waals surface area (Å²) in [6, 6.07) is 31.3. The van der Waals surface area contributed by atoms with E-state index >= 15 is 0 Å². The van der Waals surface area contributed by atoms with Crippen LogP contribution in [0.4, 0.5) is 4.79 Å². The average molecular weight is 494 g/mol. The quantitative estimate of drug-likeness (QED) is 0.539. The molecular formula is C28H32NO5P. The Balaban J connectivity index is 0.000000199. The number of aliphatic carboxylic acids is 1. The molecule has 2 N–H and O–H groups in total. The summed E-state index contributed by atoms with van der Waals surface area (Å²) in [4.78, 5) is 23.6. The average Bonchev–Trinajstić information content (AvgIpc) is 3.23. The number of amides is 1. The Morgan fingerprint density at radius 3 is 1.57 bits per heavy atom. The van der Waals surface area contributed by atoms with Gasteiger partial charge in [-0.15, -0.1) is 0 Å². The van der Waals surface area contributed by atoms with Gasteiger partial charge in [-0.05, 0) is 44.6 Å². The molecule has 0 unspecified atom stereocenters. The minimum atomic E-state index is -1.12. The van der Waals surface area contributed by atoms with Crippen molar-refractivity contribution < 1.29 is 24.5 Å². The Labute approximate surface area is 207 Å². The number of hydrogen-bond acceptors (Lipinski definition) is 4. The normalized spacial score (nSPS) is 17.5. The van der Waals surface area contributed by atoms with Crippen molar-refractivity contribution in [2.24, 2.45) is 0 Å². The molecule has 1 saturated heterocycles. The fourth-order valence-corrected chi connectivity index (χ4v) is 6.05. The Hall–Kier alpha value is -3.21. The largest absolute Gasteiger partial charge is 0.480 e. The number of carboxylic acid groups (broad SMARTS) is 1. The Bertz CT molecular complexity index is 993. The molecule has 0 aromatic heterocycles. The van der Waals surface area contributed by atoms with Crippen LogP contribution >= 0.6 is 7.92 Å². The highest BCUT2D eigenvalue weighted by Crippen LogP contribution is 2.32. The minimum Gasteiger partial charge on any atom is -0.480 e. The Morgan fingerprint density at radius 1 is 0.829 bits per heavy atom. The lowest BCUT2D eigenvalue weighted by molar-refractivity contribution is -0.142. The van der Waals surface area contributed by atoms with Crippen LogP contribution in [-0.2, 0) is 9.53 Å². The van der Waals surface area contributed by atoms with E-state index < -0.39 is 37.7 Å². The van der Waals surface area contributed by atoms with Gasteiger partial charge in [-0.1, -0.05) is 91.0 Å². The first kappa shape index (κ1) is 26.4. The van der Waals surface area contributed by atoms with E-state index in [2.05, 4.69) is 91.0 Å². The zero-order chi connectivity index (χ0) is 25.4. The molecule has 0 spiro atoms. The van der Waals surface area contributed by atoms with E-state index in [9.17, 15) is 14.7 Å². The summed E-state index contributed by atoms with van der Waals surface area (Å²) in [5.74, 6) is -1.12. The lowest BCUT2D eigenvalue weighted by atomic mass is 10.2. The third-order valence-corrected chi connectivity index (χ3v) is 7.68. The lowest BCUT2D eigenvalue weighted by Gasteiger charge is -2.26. The number of nitrogens with zero attached hydrogens (tertiary/aromatic N) is 1. The zero-order valence-electron chi connectivity index (χ0n) is 20.2. The Morgan fingerprint density at radius 2 is 1.23 bits per heavy atom. The highest BCUT2D eigenvalue weighted by atomic mass is 31.1. The summed E-state index contributed by atoms with van der Waals surface area (Å²) < 4.78 is 5.06. The zero-order valence-corrected chi connectivity index (χ0v) is 21.1. The fraction of sp³-hybridized carbons (Fsp3) is 0.286. The van der Waals surface area contributed by atoms with Gasteiger partial charge in [0.05, 0.1) is 12.6 Å². The second kappa shape index (κ2) is 12.0. The Kier molecular flexibility index (Phi) is 9.02. The predicted molar refractivity (Wildman–Crippen MR) is 140 cm³/mol. The molecule has 3 aromatic carbocycles. The molecule has 1 aliphatic rings. The van der Waals surface area contributed by atoms with Gasteiger partial charge in [-0.3, -0.25) is 4.90 Å². The summed E-state index contributed by atoms with van der Waals surface area (Å²) >= 11 is 0. The monoisotopic (exact) mass is 493 g/mol. The van der Waals surface area contributed by atoms with Crippen LogP contribution < -0.4 is 15.9 Å². The first-order valence-electron chi connectivity index (χ1n) is 11.5. The fourth-order valence-electron chi connectivity index (χ4n) is 3.75. The molecule has 1 amide bonds. The summed E-state index contributed by atoms with van der Waals surface area (Å²) in [6.07, 6.45) is -1.45. The molecule has 0 radical (unpaired) electrons. The van der Waals surface area contributed by atoms with Crippen molar-refractivity contribution in [3.05, 3.63) is 91.0 Å². The van der Waals surface area contributed by atoms with Gasteiger partial charge in [-0.25, -0.2) is 9.59 Å². The van der Waals surface area contributed by atoms with Crippen molar-refractivity contribution in [1.29, 1.82) is 0 Å². The summed E-state index contributed by atoms with van der Waals surface area (Å²) in [5, 5.41) is 22.4. The van der Waals surface area contributed by atoms with Crippen LogP contribution in [0.1, 0.15) is 27.2 Å². The van der Waals surface area contributed by atoms with Crippen LogP contribution in [0.3, 0.4) is 0 Å². The third kappa shape index (κ3) is 7.64. The molecule has 6 nitrogen and oxygen atoms in total. The van der Waals surface area contributed by atoms with E-state index in [-0.39, 0.29) is 13.0 Å². The number of carbonyl (C=O) groups excluding carboxylic acids is 1. The van der Waals surface area contributed by atoms with E-state index in [0.29, 0.717) is 0 Å². The number of aliphatic hydroxyl groups is 1. The number of rotatable bonds is 4. The number of β-amino-alcohol motifs (C(OH)–C–C–N with tert-alkyl or cyclic N) is 1. The van der Waals surface area contributed by atoms with E-state index in [4.69, 9.17) is 9.84 Å². The number of ether oxygens (including phenoxy) is 1. The highest BCUT2D eigenvalue weighted by Gasteiger charge is 2.40. The van der Waals surface area contributed by atoms with E-state index in [0.717, 1.165) is 4.90 Å². The van der Waals surface area contributed by atoms with Gasteiger partial charge in [0.25, 0.3) is 0 Å². The molecule has 7 heteroatoms. The van der Waals surface area contributed by atoms with E-state index in [1.165, 1.54) is 15.9 Å². The summed E-state index contributed by atoms with van der Waals surface area (Å²) in [6.45, 7) is 5.11. The van der Waals surface area contributed by atoms with Crippen molar-refractivity contribution in [3.63, 3.8) is 0 Å². The lowest BCUT2D eigenvalue weighted by Crippen LogP contribution is -2.43. The molecule has 35 heavy (non-hydrogen) atoms. The van der Waals surface area contributed by atoms with E-state index in [1.807, 2.05) is 0 Å². The van der Waals surface area contributed by atoms with Crippen molar-refractivity contribution in [2.75, 3.05) is 6.54 Å². The molecular weight excluding hydrogens is 461 g/mol. The molecule has 0 bridgehead atoms. The first-order chi connectivity index (χ1) is 16.7. The predicted octanol–water partition coefficient (Wildman–Crippen LogP) is 3.89. The SMILES string of the molecule is CC(C)(C)OC(=O)N1C[C@H](O)C[C@H]1C(=O)O.c1ccc(P(c2ccccc2)c2ccccc2)cc1. The van der Waals surface area contributed by atoms with Gasteiger partial charge >= 0.3 is 12.1 Å². The highest BCUT2D eigenvalue weighted by molar-refractivity contribution is 7.79. The van der Waals surface area contributed by atoms with Gasteiger partial charge in [-0.2, -0.15) is 0 Å². The third-order valence-electron chi connectivity index (χ3n) is 5.24. The molecule has 2 atom stereocenters. The molecule has 0 aliphatic carbocycles. The van der Waals surface area contributed by atoms with Crippen molar-refractivity contribution in [3.8, 4) is 0 Å². The van der Waals surface area contributed by atoms with Crippen molar-refractivity contribution >= 4 is 35.9 Å². The second-order valence-electron chi connectivity index (χ2n) is 9.22. The molecule has 1 fully saturated rings. The van der Waals surface area contributed by atoms with Gasteiger partial charge in [0, 0.05) is 6.42 Å². The number of hydrogen-bond donors (Lipinski definition) is 2. The van der Waals surface area contributed by atoms with Crippen molar-refractivity contribution in [1.82, 2.24) is 4.90 Å². The minimum absolute atomic E-state index is 0.00583. The van der Waals surface area contributed by atoms with Gasteiger partial charge < -0.3 is 14.9 Å². The molecule has 184 valence electrons. The van der Waals surface area contributed by atoms with Crippen LogP contribution in [0.5, 0.6) is 0 Å². The topological polar surface area (TPSA) is 87.1 Å². The maximum Gasteiger partial charge on any atom is 0.411 e. The van der Waals surface area contributed by atoms with Crippen LogP contribution in [0.15, 0.2) is 91.0 Å². The standard InChI is InChI=1S/C18H15P.C10H17NO5/c1-4-10-16(11-5-1)19(17-12-6-2-7-13-17)18-14-8-3-9-15-18;1-10(2,3)16-9(15)11-5-6(12)4-7(11)8(13)14/h1-15H;6-7,12H,4-5H2,1-3H3,(H,13,14)/t;6-,7+/m.1/s1. The maximum absolute atomic E-state index is 11.7. The molecule has 4 rings (SSSR count). The molecule has 1 aliphatic heterocycles. The van der Waals surface area contributed by atoms with Gasteiger partial charge in [0.15, 0.2) is 0 Å². The molecule has 0 saturated carbocycles. The summed E-state index contributed by atoms with van der Waals surface area (Å²) in [5.41, 5.74) is -0.673. The van der Waals surface area contributed by atoms with Crippen LogP contribution in [0.2, 0.25) is 0 Å². The van der Waals surface area contributed by atoms with Gasteiger partial charge in [0.2, 0.25) is 0 Å². The second-order valence-corrected chi connectivity index (χ2v) is 11.4. The van der Waals surface area contributed by atoms with Crippen LogP contribution in [0, 0.1) is 0 Å². The van der Waals surface area contributed by atoms with E-state index in [1.54, 1.807) is 20.8 Å². The molecule has 1 heterocycles. The first-order valence-corrected chi connectivity index (χ1v) is 12.9. The van der Waals surface area contributed by atoms with Crippen LogP contribution in [0.25, 0.3) is 0 Å². The number of likely N-dealkylation sites (tertiary alicyclic amines) is 1. The van der Waals surface area contributed by atoms with Crippen molar-refractivity contribution in [2.45, 2.75) is 44.9 Å². The number of aliphatic hydroxyl groups excluding tert-OH is 1. The number of benzene rings is 3. The number of carbonyl (C=O) groups is 2.